The maximum absolute atomic E-state index is 15.1. The van der Waals surface area contributed by atoms with Crippen molar-refractivity contribution < 1.29 is 54.2 Å². The average Bonchev–Trinajstić information content (AvgIpc) is 2.77. The van der Waals surface area contributed by atoms with Crippen LogP contribution in [-0.4, -0.2) is 48.1 Å². The minimum Gasteiger partial charge on any atom is -0.478 e. The third kappa shape index (κ3) is 5.40. The van der Waals surface area contributed by atoms with E-state index in [9.17, 15) is 44.7 Å². The molecule has 1 atom stereocenters. The number of aliphatic hydroxyl groups is 1. The Morgan fingerprint density at radius 2 is 1.49 bits per heavy atom. The summed E-state index contributed by atoms with van der Waals surface area (Å²) in [7, 11) is -5.13. The zero-order chi connectivity index (χ0) is 27.9. The molecule has 0 spiro atoms. The molecular formula is C23H18F7NO5S. The fourth-order valence-corrected chi connectivity index (χ4v) is 5.47. The van der Waals surface area contributed by atoms with Crippen LogP contribution in [0.5, 0.6) is 0 Å². The van der Waals surface area contributed by atoms with Gasteiger partial charge in [-0.05, 0) is 23.3 Å². The van der Waals surface area contributed by atoms with E-state index in [0.29, 0.717) is 6.08 Å². The van der Waals surface area contributed by atoms with E-state index in [1.54, 1.807) is 0 Å². The highest BCUT2D eigenvalue weighted by Crippen LogP contribution is 2.54. The molecule has 0 amide bonds. The molecule has 1 aliphatic carbocycles. The van der Waals surface area contributed by atoms with Gasteiger partial charge in [0.15, 0.2) is 0 Å². The monoisotopic (exact) mass is 553 g/mol. The fourth-order valence-electron chi connectivity index (χ4n) is 3.92. The van der Waals surface area contributed by atoms with Gasteiger partial charge in [0.1, 0.15) is 11.4 Å². The van der Waals surface area contributed by atoms with Crippen LogP contribution in [0, 0.1) is 0 Å². The predicted octanol–water partition coefficient (Wildman–Crippen LogP) is 4.74. The van der Waals surface area contributed by atoms with Crippen LogP contribution in [0.15, 0.2) is 72.6 Å². The van der Waals surface area contributed by atoms with Crippen molar-refractivity contribution in [2.75, 3.05) is 0 Å². The quantitative estimate of drug-likeness (QED) is 0.430. The van der Waals surface area contributed by atoms with Crippen molar-refractivity contribution in [1.29, 1.82) is 0 Å². The SMILES string of the molecule is O=C(O)c1ccc(CS(=O)(=O)NC2(C(O)(C(F)(F)F)C(F)(F)F)C=CC(c3ccccc3)=C(F)C2)cc1. The molecule has 2 aromatic rings. The van der Waals surface area contributed by atoms with Crippen molar-refractivity contribution in [3.05, 3.63) is 89.3 Å². The number of allylic oxidation sites excluding steroid dienone is 2. The zero-order valence-electron chi connectivity index (χ0n) is 18.4. The van der Waals surface area contributed by atoms with Crippen LogP contribution in [0.3, 0.4) is 0 Å². The Bertz CT molecular complexity index is 1320. The molecule has 0 aliphatic heterocycles. The van der Waals surface area contributed by atoms with Gasteiger partial charge in [-0.2, -0.15) is 26.3 Å². The lowest BCUT2D eigenvalue weighted by atomic mass is 9.72. The molecular weight excluding hydrogens is 535 g/mol. The number of carboxylic acid groups (broad SMARTS) is 1. The lowest BCUT2D eigenvalue weighted by Gasteiger charge is -2.47. The molecule has 1 unspecified atom stereocenters. The van der Waals surface area contributed by atoms with Crippen molar-refractivity contribution in [2.24, 2.45) is 0 Å². The van der Waals surface area contributed by atoms with Gasteiger partial charge in [-0.25, -0.2) is 22.3 Å². The summed E-state index contributed by atoms with van der Waals surface area (Å²) in [6.45, 7) is 0. The molecule has 6 nitrogen and oxygen atoms in total. The number of alkyl halides is 6. The number of aromatic carboxylic acids is 1. The van der Waals surface area contributed by atoms with Crippen molar-refractivity contribution >= 4 is 21.6 Å². The standard InChI is InChI=1S/C23H18F7NO5S/c24-18-12-20(21(34,22(25,26)27)23(28,29)30,11-10-17(18)15-4-2-1-3-5-15)31-37(35,36)13-14-6-8-16(9-7-14)19(32)33/h1-11,31,34H,12-13H2,(H,32,33). The Labute approximate surface area is 205 Å². The maximum atomic E-state index is 15.1. The minimum atomic E-state index is -6.49. The molecule has 1 aliphatic rings. The van der Waals surface area contributed by atoms with E-state index in [1.807, 2.05) is 0 Å². The summed E-state index contributed by atoms with van der Waals surface area (Å²) in [5.41, 5.74) is -10.4. The molecule has 2 aromatic carbocycles. The Balaban J connectivity index is 2.12. The summed E-state index contributed by atoms with van der Waals surface area (Å²) in [6, 6.07) is 11.0. The van der Waals surface area contributed by atoms with E-state index >= 15 is 4.39 Å². The van der Waals surface area contributed by atoms with Crippen molar-refractivity contribution in [1.82, 2.24) is 4.72 Å². The second kappa shape index (κ2) is 9.58. The van der Waals surface area contributed by atoms with Crippen LogP contribution in [0.2, 0.25) is 0 Å². The van der Waals surface area contributed by atoms with Gasteiger partial charge >= 0.3 is 18.3 Å². The summed E-state index contributed by atoms with van der Waals surface area (Å²) in [6.07, 6.45) is -14.1. The Kier molecular flexibility index (Phi) is 7.34. The topological polar surface area (TPSA) is 104 Å². The third-order valence-electron chi connectivity index (χ3n) is 5.71. The van der Waals surface area contributed by atoms with Crippen molar-refractivity contribution in [3.63, 3.8) is 0 Å². The molecule has 37 heavy (non-hydrogen) atoms. The molecule has 200 valence electrons. The van der Waals surface area contributed by atoms with E-state index < -0.39 is 63.1 Å². The molecule has 0 fully saturated rings. The highest BCUT2D eigenvalue weighted by atomic mass is 32.2. The summed E-state index contributed by atoms with van der Waals surface area (Å²) in [4.78, 5) is 10.9. The molecule has 0 saturated heterocycles. The number of hydrogen-bond acceptors (Lipinski definition) is 4. The first-order chi connectivity index (χ1) is 16.9. The predicted molar refractivity (Wildman–Crippen MR) is 117 cm³/mol. The number of rotatable bonds is 7. The first kappa shape index (κ1) is 28.3. The van der Waals surface area contributed by atoms with Gasteiger partial charge < -0.3 is 10.2 Å². The second-order valence-corrected chi connectivity index (χ2v) is 9.96. The number of hydrogen-bond donors (Lipinski definition) is 3. The van der Waals surface area contributed by atoms with Gasteiger partial charge in [0.2, 0.25) is 10.0 Å². The molecule has 0 saturated carbocycles. The first-order valence-electron chi connectivity index (χ1n) is 10.3. The van der Waals surface area contributed by atoms with E-state index in [4.69, 9.17) is 5.11 Å². The normalized spacial score (nSPS) is 19.2. The van der Waals surface area contributed by atoms with Crippen molar-refractivity contribution in [2.45, 2.75) is 35.7 Å². The summed E-state index contributed by atoms with van der Waals surface area (Å²) in [5.74, 6) is -4.10. The molecule has 0 radical (unpaired) electrons. The molecule has 0 bridgehead atoms. The van der Waals surface area contributed by atoms with E-state index in [1.165, 1.54) is 35.1 Å². The van der Waals surface area contributed by atoms with Gasteiger partial charge in [0, 0.05) is 12.0 Å². The highest BCUT2D eigenvalue weighted by Gasteiger charge is 2.79. The second-order valence-electron chi connectivity index (χ2n) is 8.24. The van der Waals surface area contributed by atoms with Crippen LogP contribution in [0.1, 0.15) is 27.9 Å². The van der Waals surface area contributed by atoms with Crippen LogP contribution in [0.4, 0.5) is 30.7 Å². The van der Waals surface area contributed by atoms with E-state index in [0.717, 1.165) is 24.3 Å². The number of carboxylic acids is 1. The van der Waals surface area contributed by atoms with Crippen LogP contribution in [-0.2, 0) is 15.8 Å². The van der Waals surface area contributed by atoms with Gasteiger partial charge in [-0.3, -0.25) is 0 Å². The molecule has 0 heterocycles. The number of sulfonamides is 1. The molecule has 14 heteroatoms. The van der Waals surface area contributed by atoms with Crippen LogP contribution in [0.25, 0.3) is 5.57 Å². The Morgan fingerprint density at radius 1 is 0.946 bits per heavy atom. The summed E-state index contributed by atoms with van der Waals surface area (Å²) < 4.78 is 125. The van der Waals surface area contributed by atoms with Gasteiger partial charge in [0.25, 0.3) is 5.60 Å². The number of carbonyl (C=O) groups is 1. The number of benzene rings is 2. The van der Waals surface area contributed by atoms with Gasteiger partial charge in [-0.1, -0.05) is 54.6 Å². The van der Waals surface area contributed by atoms with Crippen LogP contribution >= 0.6 is 0 Å². The number of nitrogens with one attached hydrogen (secondary N) is 1. The summed E-state index contributed by atoms with van der Waals surface area (Å²) in [5, 5.41) is 19.1. The first-order valence-corrected chi connectivity index (χ1v) is 11.9. The fraction of sp³-hybridized carbons (Fsp3) is 0.261. The maximum Gasteiger partial charge on any atom is 0.428 e. The average molecular weight is 553 g/mol. The zero-order valence-corrected chi connectivity index (χ0v) is 19.3. The largest absolute Gasteiger partial charge is 0.478 e. The molecule has 0 aromatic heterocycles. The lowest BCUT2D eigenvalue weighted by molar-refractivity contribution is -0.384. The third-order valence-corrected chi connectivity index (χ3v) is 7.10. The number of halogens is 7. The Morgan fingerprint density at radius 3 is 1.95 bits per heavy atom. The Hall–Kier alpha value is -3.23. The molecule has 3 N–H and O–H groups in total. The van der Waals surface area contributed by atoms with Gasteiger partial charge in [-0.15, -0.1) is 0 Å². The highest BCUT2D eigenvalue weighted by molar-refractivity contribution is 7.88. The van der Waals surface area contributed by atoms with Gasteiger partial charge in [0.05, 0.1) is 11.3 Å². The van der Waals surface area contributed by atoms with E-state index in [-0.39, 0.29) is 22.8 Å². The minimum absolute atomic E-state index is 0.0915. The van der Waals surface area contributed by atoms with Crippen LogP contribution < -0.4 is 4.72 Å². The lowest BCUT2D eigenvalue weighted by Crippen LogP contribution is -2.75. The van der Waals surface area contributed by atoms with E-state index in [2.05, 4.69) is 0 Å². The summed E-state index contributed by atoms with van der Waals surface area (Å²) >= 11 is 0. The van der Waals surface area contributed by atoms with Crippen molar-refractivity contribution in [3.8, 4) is 0 Å². The smallest absolute Gasteiger partial charge is 0.428 e. The molecule has 3 rings (SSSR count).